The summed E-state index contributed by atoms with van der Waals surface area (Å²) in [5.74, 6) is 1.89. The van der Waals surface area contributed by atoms with Crippen molar-refractivity contribution in [2.75, 3.05) is 7.05 Å². The van der Waals surface area contributed by atoms with Crippen molar-refractivity contribution in [2.24, 2.45) is 0 Å². The molecule has 11 rings (SSSR count). The number of likely N-dealkylation sites (N-methyl/N-ethyl adjacent to an activating group) is 1. The zero-order valence-corrected chi connectivity index (χ0v) is 31.2. The van der Waals surface area contributed by atoms with E-state index in [4.69, 9.17) is 15.0 Å². The van der Waals surface area contributed by atoms with Gasteiger partial charge in [0.15, 0.2) is 17.5 Å². The van der Waals surface area contributed by atoms with E-state index < -0.39 is 0 Å². The standard InChI is InChI=1S/C51H36N6/c1-55-45(51-53-49(36-18-7-3-8-19-36)52-50(54-51)37-30-28-35(29-31-37)34-16-5-2-6-17-34)26-15-27-48(55)57-44-25-14-12-23-40(44)42-32-41-39-22-11-13-24-43(39)56(46(41)33-47(42)57)38-20-9-4-10-21-38/h2-33,48H,1H3. The minimum atomic E-state index is -0.162. The van der Waals surface area contributed by atoms with E-state index in [0.29, 0.717) is 17.5 Å². The summed E-state index contributed by atoms with van der Waals surface area (Å²) in [7, 11) is 2.14. The molecule has 0 saturated carbocycles. The van der Waals surface area contributed by atoms with E-state index in [0.717, 1.165) is 33.6 Å². The first-order valence-electron chi connectivity index (χ1n) is 19.3. The number of hydrogen-bond acceptors (Lipinski definition) is 4. The normalized spacial score (nSPS) is 14.2. The molecular formula is C51H36N6. The molecule has 6 heteroatoms. The Morgan fingerprint density at radius 2 is 0.930 bits per heavy atom. The van der Waals surface area contributed by atoms with Gasteiger partial charge in [-0.2, -0.15) is 0 Å². The van der Waals surface area contributed by atoms with Crippen LogP contribution in [0.4, 0.5) is 0 Å². The van der Waals surface area contributed by atoms with Crippen LogP contribution in [0.25, 0.3) is 88.9 Å². The molecule has 3 aromatic heterocycles. The predicted molar refractivity (Wildman–Crippen MR) is 234 cm³/mol. The van der Waals surface area contributed by atoms with Crippen molar-refractivity contribution in [1.29, 1.82) is 0 Å². The molecule has 270 valence electrons. The van der Waals surface area contributed by atoms with Crippen LogP contribution in [-0.2, 0) is 0 Å². The van der Waals surface area contributed by atoms with Crippen molar-refractivity contribution in [3.63, 3.8) is 0 Å². The Balaban J connectivity index is 1.06. The first-order valence-corrected chi connectivity index (χ1v) is 19.3. The van der Waals surface area contributed by atoms with Crippen LogP contribution in [0.3, 0.4) is 0 Å². The van der Waals surface area contributed by atoms with Crippen LogP contribution in [0.2, 0.25) is 0 Å². The molecule has 10 aromatic rings. The molecule has 57 heavy (non-hydrogen) atoms. The van der Waals surface area contributed by atoms with E-state index in [2.05, 4.69) is 191 Å². The molecule has 0 bridgehead atoms. The summed E-state index contributed by atoms with van der Waals surface area (Å²) < 4.78 is 4.85. The highest BCUT2D eigenvalue weighted by molar-refractivity contribution is 6.18. The smallest absolute Gasteiger partial charge is 0.180 e. The molecule has 0 radical (unpaired) electrons. The molecule has 1 atom stereocenters. The van der Waals surface area contributed by atoms with Gasteiger partial charge in [0, 0.05) is 45.4 Å². The van der Waals surface area contributed by atoms with E-state index in [-0.39, 0.29) is 6.17 Å². The van der Waals surface area contributed by atoms with E-state index in [1.54, 1.807) is 0 Å². The van der Waals surface area contributed by atoms with Crippen LogP contribution >= 0.6 is 0 Å². The second-order valence-corrected chi connectivity index (χ2v) is 14.5. The van der Waals surface area contributed by atoms with Crippen molar-refractivity contribution < 1.29 is 0 Å². The summed E-state index contributed by atoms with van der Waals surface area (Å²) in [6.45, 7) is 0. The van der Waals surface area contributed by atoms with Gasteiger partial charge in [-0.3, -0.25) is 0 Å². The Morgan fingerprint density at radius 1 is 0.421 bits per heavy atom. The van der Waals surface area contributed by atoms with Crippen LogP contribution in [0.5, 0.6) is 0 Å². The lowest BCUT2D eigenvalue weighted by molar-refractivity contribution is 0.329. The Kier molecular flexibility index (Phi) is 7.67. The molecule has 0 saturated heterocycles. The summed E-state index contributed by atoms with van der Waals surface area (Å²) in [6.07, 6.45) is 6.35. The van der Waals surface area contributed by atoms with E-state index in [1.807, 2.05) is 24.3 Å². The van der Waals surface area contributed by atoms with Gasteiger partial charge in [0.25, 0.3) is 0 Å². The number of nitrogens with zero attached hydrogens (tertiary/aromatic N) is 6. The molecule has 1 unspecified atom stereocenters. The lowest BCUT2D eigenvalue weighted by atomic mass is 10.0. The number of hydrogen-bond donors (Lipinski definition) is 0. The molecule has 1 aliphatic heterocycles. The van der Waals surface area contributed by atoms with Crippen molar-refractivity contribution in [1.82, 2.24) is 29.0 Å². The monoisotopic (exact) mass is 732 g/mol. The first-order chi connectivity index (χ1) is 28.2. The van der Waals surface area contributed by atoms with Crippen LogP contribution in [0.1, 0.15) is 12.0 Å². The lowest BCUT2D eigenvalue weighted by Gasteiger charge is -2.33. The highest BCUT2D eigenvalue weighted by atomic mass is 15.3. The fourth-order valence-electron chi connectivity index (χ4n) is 8.51. The fourth-order valence-corrected chi connectivity index (χ4v) is 8.51. The largest absolute Gasteiger partial charge is 0.348 e. The molecule has 7 aromatic carbocycles. The Morgan fingerprint density at radius 3 is 1.63 bits per heavy atom. The van der Waals surface area contributed by atoms with Gasteiger partial charge < -0.3 is 14.0 Å². The number of rotatable bonds is 6. The number of aromatic nitrogens is 5. The van der Waals surface area contributed by atoms with Crippen LogP contribution < -0.4 is 0 Å². The molecule has 0 aliphatic carbocycles. The van der Waals surface area contributed by atoms with Gasteiger partial charge in [-0.05, 0) is 59.7 Å². The van der Waals surface area contributed by atoms with Gasteiger partial charge in [0.05, 0.1) is 27.8 Å². The van der Waals surface area contributed by atoms with Crippen molar-refractivity contribution in [3.8, 4) is 39.6 Å². The molecule has 6 nitrogen and oxygen atoms in total. The van der Waals surface area contributed by atoms with Crippen LogP contribution in [0.15, 0.2) is 194 Å². The molecule has 0 amide bonds. The second-order valence-electron chi connectivity index (χ2n) is 14.5. The minimum Gasteiger partial charge on any atom is -0.348 e. The summed E-state index contributed by atoms with van der Waals surface area (Å²) in [5.41, 5.74) is 10.9. The number of para-hydroxylation sites is 3. The van der Waals surface area contributed by atoms with Gasteiger partial charge in [-0.25, -0.2) is 15.0 Å². The van der Waals surface area contributed by atoms with Gasteiger partial charge in [0.2, 0.25) is 0 Å². The van der Waals surface area contributed by atoms with Gasteiger partial charge in [0.1, 0.15) is 6.17 Å². The quantitative estimate of drug-likeness (QED) is 0.171. The van der Waals surface area contributed by atoms with Gasteiger partial charge in [-0.15, -0.1) is 0 Å². The Labute approximate surface area is 330 Å². The van der Waals surface area contributed by atoms with Gasteiger partial charge >= 0.3 is 0 Å². The highest BCUT2D eigenvalue weighted by Gasteiger charge is 2.27. The number of fused-ring (bicyclic) bond motifs is 6. The van der Waals surface area contributed by atoms with E-state index >= 15 is 0 Å². The second kappa shape index (κ2) is 13.3. The van der Waals surface area contributed by atoms with Crippen LogP contribution in [-0.4, -0.2) is 36.0 Å². The maximum Gasteiger partial charge on any atom is 0.180 e. The van der Waals surface area contributed by atoms with Crippen molar-refractivity contribution in [2.45, 2.75) is 6.17 Å². The molecule has 0 spiro atoms. The third-order valence-corrected chi connectivity index (χ3v) is 11.2. The maximum atomic E-state index is 5.18. The van der Waals surface area contributed by atoms with Gasteiger partial charge in [-0.1, -0.05) is 146 Å². The minimum absolute atomic E-state index is 0.162. The summed E-state index contributed by atoms with van der Waals surface area (Å²) in [4.78, 5) is 17.6. The SMILES string of the molecule is CN1C(c2nc(-c3ccccc3)nc(-c3ccc(-c4ccccc4)cc3)n2)=CC=CC1n1c2ccccc2c2cc3c4ccccc4n(-c4ccccc4)c3cc21. The summed E-state index contributed by atoms with van der Waals surface area (Å²) >= 11 is 0. The number of allylic oxidation sites excluding steroid dienone is 2. The first kappa shape index (κ1) is 32.8. The maximum absolute atomic E-state index is 5.18. The highest BCUT2D eigenvalue weighted by Crippen LogP contribution is 2.41. The predicted octanol–water partition coefficient (Wildman–Crippen LogP) is 12.1. The average Bonchev–Trinajstić information content (AvgIpc) is 3.78. The molecule has 0 N–H and O–H groups in total. The Bertz CT molecular complexity index is 3180. The average molecular weight is 733 g/mol. The third kappa shape index (κ3) is 5.45. The molecule has 1 aliphatic rings. The van der Waals surface area contributed by atoms with E-state index in [1.165, 1.54) is 43.7 Å². The molecule has 0 fully saturated rings. The third-order valence-electron chi connectivity index (χ3n) is 11.2. The van der Waals surface area contributed by atoms with Crippen molar-refractivity contribution in [3.05, 3.63) is 200 Å². The zero-order valence-electron chi connectivity index (χ0n) is 31.2. The molecule has 4 heterocycles. The zero-order chi connectivity index (χ0) is 37.9. The molecular weight excluding hydrogens is 697 g/mol. The lowest BCUT2D eigenvalue weighted by Crippen LogP contribution is -2.29. The Hall–Kier alpha value is -7.57. The number of benzene rings is 7. The summed E-state index contributed by atoms with van der Waals surface area (Å²) in [6, 6.07) is 62.0. The topological polar surface area (TPSA) is 51.8 Å². The van der Waals surface area contributed by atoms with E-state index in [9.17, 15) is 0 Å². The summed E-state index contributed by atoms with van der Waals surface area (Å²) in [5, 5.41) is 4.92. The fraction of sp³-hybridized carbons (Fsp3) is 0.0392. The van der Waals surface area contributed by atoms with Crippen molar-refractivity contribution >= 4 is 49.3 Å². The van der Waals surface area contributed by atoms with Crippen LogP contribution in [0, 0.1) is 0 Å².